The molecule has 0 saturated carbocycles. The average Bonchev–Trinajstić information content (AvgIpc) is 3.36. The minimum atomic E-state index is -4.71. The molecule has 3 aromatic rings. The van der Waals surface area contributed by atoms with Crippen LogP contribution in [0, 0.1) is 0 Å². The summed E-state index contributed by atoms with van der Waals surface area (Å²) in [5.41, 5.74) is 1.47. The molecule has 1 fully saturated rings. The second-order valence-corrected chi connectivity index (χ2v) is 7.58. The van der Waals surface area contributed by atoms with Crippen molar-refractivity contribution in [3.8, 4) is 17.1 Å². The van der Waals surface area contributed by atoms with Gasteiger partial charge < -0.3 is 14.2 Å². The Bertz CT molecular complexity index is 1020. The van der Waals surface area contributed by atoms with Crippen molar-refractivity contribution >= 4 is 5.82 Å². The number of halogens is 3. The van der Waals surface area contributed by atoms with Crippen LogP contribution in [0.25, 0.3) is 11.4 Å². The number of benzene rings is 1. The van der Waals surface area contributed by atoms with Crippen LogP contribution in [-0.2, 0) is 6.54 Å². The van der Waals surface area contributed by atoms with Crippen molar-refractivity contribution in [1.29, 1.82) is 0 Å². The number of rotatable bonds is 6. The van der Waals surface area contributed by atoms with Gasteiger partial charge in [-0.15, -0.1) is 13.2 Å². The van der Waals surface area contributed by atoms with Gasteiger partial charge in [-0.3, -0.25) is 4.90 Å². The van der Waals surface area contributed by atoms with Crippen molar-refractivity contribution in [3.05, 3.63) is 54.0 Å². The van der Waals surface area contributed by atoms with Crippen molar-refractivity contribution in [2.75, 3.05) is 25.5 Å². The standard InChI is InChI=1S/C21H22F3N5O2/c1-28(2)18-9-8-15(12-25-18)19-26-20(31-27-19)17-7-4-10-29(17)13-14-5-3-6-16(11-14)30-21(22,23)24/h3,5-6,8-9,11-12,17H,4,7,10,13H2,1-2H3/t17-/m0/s1. The minimum absolute atomic E-state index is 0.0950. The molecule has 0 bridgehead atoms. The molecule has 4 rings (SSSR count). The summed E-state index contributed by atoms with van der Waals surface area (Å²) in [5.74, 6) is 1.55. The second-order valence-electron chi connectivity index (χ2n) is 7.58. The maximum absolute atomic E-state index is 12.5. The molecule has 164 valence electrons. The molecule has 0 radical (unpaired) electrons. The van der Waals surface area contributed by atoms with E-state index in [4.69, 9.17) is 4.52 Å². The zero-order chi connectivity index (χ0) is 22.0. The maximum atomic E-state index is 12.5. The van der Waals surface area contributed by atoms with E-state index in [2.05, 4.69) is 24.8 Å². The third-order valence-corrected chi connectivity index (χ3v) is 5.07. The Morgan fingerprint density at radius 2 is 2.06 bits per heavy atom. The molecule has 0 amide bonds. The first-order chi connectivity index (χ1) is 14.8. The Hall–Kier alpha value is -3.14. The monoisotopic (exact) mass is 433 g/mol. The molecule has 1 atom stereocenters. The summed E-state index contributed by atoms with van der Waals surface area (Å²) in [7, 11) is 3.82. The number of likely N-dealkylation sites (tertiary alicyclic amines) is 1. The Morgan fingerprint density at radius 1 is 1.23 bits per heavy atom. The maximum Gasteiger partial charge on any atom is 0.573 e. The van der Waals surface area contributed by atoms with E-state index in [9.17, 15) is 13.2 Å². The van der Waals surface area contributed by atoms with Gasteiger partial charge in [-0.2, -0.15) is 4.98 Å². The SMILES string of the molecule is CN(C)c1ccc(-c2noc([C@@H]3CCCN3Cc3cccc(OC(F)(F)F)c3)n2)cn1. The highest BCUT2D eigenvalue weighted by Gasteiger charge is 2.32. The third kappa shape index (κ3) is 5.13. The summed E-state index contributed by atoms with van der Waals surface area (Å²) in [5, 5.41) is 4.09. The highest BCUT2D eigenvalue weighted by atomic mass is 19.4. The average molecular weight is 433 g/mol. The van der Waals surface area contributed by atoms with Gasteiger partial charge in [0.25, 0.3) is 0 Å². The Balaban J connectivity index is 1.47. The van der Waals surface area contributed by atoms with Crippen LogP contribution >= 0.6 is 0 Å². The molecule has 0 N–H and O–H groups in total. The largest absolute Gasteiger partial charge is 0.573 e. The van der Waals surface area contributed by atoms with E-state index >= 15 is 0 Å². The lowest BCUT2D eigenvalue weighted by Gasteiger charge is -2.21. The zero-order valence-corrected chi connectivity index (χ0v) is 17.1. The summed E-state index contributed by atoms with van der Waals surface area (Å²) in [6, 6.07) is 9.69. The Kier molecular flexibility index (Phi) is 5.81. The lowest BCUT2D eigenvalue weighted by molar-refractivity contribution is -0.274. The Morgan fingerprint density at radius 3 is 2.77 bits per heavy atom. The van der Waals surface area contributed by atoms with Crippen molar-refractivity contribution in [3.63, 3.8) is 0 Å². The highest BCUT2D eigenvalue weighted by molar-refractivity contribution is 5.55. The van der Waals surface area contributed by atoms with E-state index < -0.39 is 6.36 Å². The van der Waals surface area contributed by atoms with Crippen LogP contribution in [0.3, 0.4) is 0 Å². The minimum Gasteiger partial charge on any atom is -0.406 e. The van der Waals surface area contributed by atoms with Crippen molar-refractivity contribution in [1.82, 2.24) is 20.0 Å². The first-order valence-electron chi connectivity index (χ1n) is 9.84. The van der Waals surface area contributed by atoms with Gasteiger partial charge in [0.15, 0.2) is 0 Å². The topological polar surface area (TPSA) is 67.5 Å². The number of hydrogen-bond acceptors (Lipinski definition) is 7. The second kappa shape index (κ2) is 8.54. The van der Waals surface area contributed by atoms with Crippen molar-refractivity contribution in [2.45, 2.75) is 31.8 Å². The molecule has 10 heteroatoms. The van der Waals surface area contributed by atoms with Gasteiger partial charge in [0, 0.05) is 32.4 Å². The summed E-state index contributed by atoms with van der Waals surface area (Å²) >= 11 is 0. The highest BCUT2D eigenvalue weighted by Crippen LogP contribution is 2.34. The number of pyridine rings is 1. The van der Waals surface area contributed by atoms with Crippen LogP contribution in [0.4, 0.5) is 19.0 Å². The molecule has 0 unspecified atom stereocenters. The van der Waals surface area contributed by atoms with Gasteiger partial charge in [-0.1, -0.05) is 17.3 Å². The predicted octanol–water partition coefficient (Wildman–Crippen LogP) is 4.43. The number of aromatic nitrogens is 3. The molecule has 3 heterocycles. The predicted molar refractivity (Wildman–Crippen MR) is 107 cm³/mol. The summed E-state index contributed by atoms with van der Waals surface area (Å²) < 4.78 is 47.0. The van der Waals surface area contributed by atoms with Gasteiger partial charge in [-0.25, -0.2) is 4.98 Å². The van der Waals surface area contributed by atoms with Gasteiger partial charge in [0.05, 0.1) is 6.04 Å². The first kappa shape index (κ1) is 21.1. The van der Waals surface area contributed by atoms with Gasteiger partial charge >= 0.3 is 6.36 Å². The molecule has 31 heavy (non-hydrogen) atoms. The van der Waals surface area contributed by atoms with Gasteiger partial charge in [0.1, 0.15) is 11.6 Å². The smallest absolute Gasteiger partial charge is 0.406 e. The fraction of sp³-hybridized carbons (Fsp3) is 0.381. The van der Waals surface area contributed by atoms with Crippen LogP contribution in [-0.4, -0.2) is 47.0 Å². The summed E-state index contributed by atoms with van der Waals surface area (Å²) in [4.78, 5) is 12.9. The van der Waals surface area contributed by atoms with Crippen LogP contribution in [0.1, 0.15) is 30.3 Å². The molecule has 2 aromatic heterocycles. The van der Waals surface area contributed by atoms with E-state index in [-0.39, 0.29) is 11.8 Å². The lowest BCUT2D eigenvalue weighted by Crippen LogP contribution is -2.23. The molecule has 7 nitrogen and oxygen atoms in total. The normalized spacial score (nSPS) is 17.1. The molecule has 1 aliphatic heterocycles. The van der Waals surface area contributed by atoms with E-state index in [1.807, 2.05) is 31.1 Å². The molecule has 1 aromatic carbocycles. The number of hydrogen-bond donors (Lipinski definition) is 0. The number of ether oxygens (including phenoxy) is 1. The van der Waals surface area contributed by atoms with E-state index in [1.165, 1.54) is 12.1 Å². The Labute approximate surface area is 177 Å². The van der Waals surface area contributed by atoms with Gasteiger partial charge in [-0.05, 0) is 49.2 Å². The van der Waals surface area contributed by atoms with Crippen molar-refractivity contribution < 1.29 is 22.4 Å². The molecular weight excluding hydrogens is 411 g/mol. The number of alkyl halides is 3. The molecule has 1 aliphatic rings. The summed E-state index contributed by atoms with van der Waals surface area (Å²) in [6.07, 6.45) is -1.25. The number of nitrogens with zero attached hydrogens (tertiary/aromatic N) is 5. The molecule has 0 aliphatic carbocycles. The lowest BCUT2D eigenvalue weighted by atomic mass is 10.1. The van der Waals surface area contributed by atoms with E-state index in [0.29, 0.717) is 18.3 Å². The fourth-order valence-corrected chi connectivity index (χ4v) is 3.64. The molecular formula is C21H22F3N5O2. The fourth-order valence-electron chi connectivity index (χ4n) is 3.64. The third-order valence-electron chi connectivity index (χ3n) is 5.07. The van der Waals surface area contributed by atoms with Crippen LogP contribution in [0.5, 0.6) is 5.75 Å². The van der Waals surface area contributed by atoms with Crippen molar-refractivity contribution in [2.24, 2.45) is 0 Å². The quantitative estimate of drug-likeness (QED) is 0.570. The molecule has 1 saturated heterocycles. The van der Waals surface area contributed by atoms with Crippen LogP contribution in [0.15, 0.2) is 47.1 Å². The van der Waals surface area contributed by atoms with Crippen LogP contribution in [0.2, 0.25) is 0 Å². The van der Waals surface area contributed by atoms with Crippen LogP contribution < -0.4 is 9.64 Å². The molecule has 0 spiro atoms. The number of anilines is 1. The first-order valence-corrected chi connectivity index (χ1v) is 9.84. The van der Waals surface area contributed by atoms with Gasteiger partial charge in [0.2, 0.25) is 11.7 Å². The van der Waals surface area contributed by atoms with E-state index in [0.717, 1.165) is 36.3 Å². The van der Waals surface area contributed by atoms with E-state index in [1.54, 1.807) is 18.3 Å². The zero-order valence-electron chi connectivity index (χ0n) is 17.1. The summed E-state index contributed by atoms with van der Waals surface area (Å²) in [6.45, 7) is 1.24.